The highest BCUT2D eigenvalue weighted by molar-refractivity contribution is 5.86. The van der Waals surface area contributed by atoms with Crippen LogP contribution in [-0.2, 0) is 11.2 Å². The topological polar surface area (TPSA) is 78.4 Å². The first-order valence-electron chi connectivity index (χ1n) is 7.46. The van der Waals surface area contributed by atoms with Crippen LogP contribution >= 0.6 is 0 Å². The molecule has 114 valence electrons. The Morgan fingerprint density at radius 3 is 2.38 bits per heavy atom. The molecule has 0 bridgehead atoms. The molecule has 1 aromatic carbocycles. The molecule has 0 atom stereocenters. The van der Waals surface area contributed by atoms with E-state index in [4.69, 9.17) is 0 Å². The minimum Gasteiger partial charge on any atom is -0.480 e. The smallest absolute Gasteiger partial charge is 0.329 e. The highest BCUT2D eigenvalue weighted by Crippen LogP contribution is 2.28. The fourth-order valence-electron chi connectivity index (χ4n) is 2.77. The molecule has 1 aliphatic carbocycles. The fourth-order valence-corrected chi connectivity index (χ4v) is 2.77. The molecule has 1 aromatic rings. The summed E-state index contributed by atoms with van der Waals surface area (Å²) in [5.74, 6) is -0.930. The van der Waals surface area contributed by atoms with Crippen molar-refractivity contribution in [2.45, 2.75) is 44.1 Å². The number of nitrogens with one attached hydrogen (secondary N) is 2. The standard InChI is InChI=1S/C16H22N2O3/c19-14(20)16(10-5-2-6-11-16)18-15(21)17-12-9-13-7-3-1-4-8-13/h1,3-4,7-8H,2,5-6,9-12H2,(H,19,20)(H2,17,18,21). The zero-order chi connectivity index (χ0) is 15.1. The van der Waals surface area contributed by atoms with Crippen molar-refractivity contribution in [2.24, 2.45) is 0 Å². The van der Waals surface area contributed by atoms with E-state index in [0.717, 1.165) is 31.2 Å². The van der Waals surface area contributed by atoms with E-state index in [0.29, 0.717) is 19.4 Å². The summed E-state index contributed by atoms with van der Waals surface area (Å²) in [5.41, 5.74) is 0.0538. The molecule has 1 aliphatic rings. The first kappa shape index (κ1) is 15.4. The average Bonchev–Trinajstić information content (AvgIpc) is 2.49. The lowest BCUT2D eigenvalue weighted by Crippen LogP contribution is -2.58. The van der Waals surface area contributed by atoms with Gasteiger partial charge in [-0.1, -0.05) is 49.6 Å². The summed E-state index contributed by atoms with van der Waals surface area (Å²) in [6, 6.07) is 9.46. The molecule has 1 fully saturated rings. The number of aliphatic carboxylic acids is 1. The van der Waals surface area contributed by atoms with Crippen LogP contribution in [-0.4, -0.2) is 29.2 Å². The van der Waals surface area contributed by atoms with Gasteiger partial charge in [0, 0.05) is 6.54 Å². The number of hydrogen-bond acceptors (Lipinski definition) is 2. The van der Waals surface area contributed by atoms with Gasteiger partial charge in [-0.2, -0.15) is 0 Å². The van der Waals surface area contributed by atoms with Crippen molar-refractivity contribution in [3.63, 3.8) is 0 Å². The summed E-state index contributed by atoms with van der Waals surface area (Å²) in [6.07, 6.45) is 4.47. The molecule has 0 saturated heterocycles. The molecule has 0 heterocycles. The quantitative estimate of drug-likeness (QED) is 0.778. The van der Waals surface area contributed by atoms with Gasteiger partial charge in [0.25, 0.3) is 0 Å². The third-order valence-corrected chi connectivity index (χ3v) is 4.01. The van der Waals surface area contributed by atoms with Gasteiger partial charge in [0.15, 0.2) is 0 Å². The third kappa shape index (κ3) is 4.21. The van der Waals surface area contributed by atoms with E-state index in [1.54, 1.807) is 0 Å². The molecule has 3 N–H and O–H groups in total. The molecule has 0 spiro atoms. The summed E-state index contributed by atoms with van der Waals surface area (Å²) in [5, 5.41) is 14.8. The zero-order valence-corrected chi connectivity index (χ0v) is 12.1. The Balaban J connectivity index is 1.81. The molecule has 0 radical (unpaired) electrons. The highest BCUT2D eigenvalue weighted by Gasteiger charge is 2.40. The average molecular weight is 290 g/mol. The van der Waals surface area contributed by atoms with Crippen molar-refractivity contribution in [2.75, 3.05) is 6.54 Å². The SMILES string of the molecule is O=C(NCCc1ccccc1)NC1(C(=O)O)CCCCC1. The predicted molar refractivity (Wildman–Crippen MR) is 80.1 cm³/mol. The van der Waals surface area contributed by atoms with Gasteiger partial charge in [-0.05, 0) is 24.8 Å². The number of hydrogen-bond donors (Lipinski definition) is 3. The molecule has 2 amide bonds. The summed E-state index contributed by atoms with van der Waals surface area (Å²) < 4.78 is 0. The van der Waals surface area contributed by atoms with Crippen LogP contribution in [0.15, 0.2) is 30.3 Å². The Labute approximate surface area is 124 Å². The number of urea groups is 1. The summed E-state index contributed by atoms with van der Waals surface area (Å²) in [7, 11) is 0. The number of carbonyl (C=O) groups is 2. The number of amides is 2. The van der Waals surface area contributed by atoms with E-state index < -0.39 is 17.5 Å². The van der Waals surface area contributed by atoms with Crippen molar-refractivity contribution in [3.05, 3.63) is 35.9 Å². The van der Waals surface area contributed by atoms with E-state index in [9.17, 15) is 14.7 Å². The number of carbonyl (C=O) groups excluding carboxylic acids is 1. The molecular formula is C16H22N2O3. The second-order valence-electron chi connectivity index (χ2n) is 5.56. The van der Waals surface area contributed by atoms with Crippen molar-refractivity contribution in [3.8, 4) is 0 Å². The summed E-state index contributed by atoms with van der Waals surface area (Å²) >= 11 is 0. The van der Waals surface area contributed by atoms with E-state index in [1.807, 2.05) is 30.3 Å². The van der Waals surface area contributed by atoms with E-state index in [2.05, 4.69) is 10.6 Å². The van der Waals surface area contributed by atoms with Gasteiger partial charge < -0.3 is 15.7 Å². The lowest BCUT2D eigenvalue weighted by atomic mass is 9.82. The number of benzene rings is 1. The van der Waals surface area contributed by atoms with Gasteiger partial charge in [0.2, 0.25) is 0 Å². The number of carboxylic acids is 1. The van der Waals surface area contributed by atoms with Crippen LogP contribution < -0.4 is 10.6 Å². The molecular weight excluding hydrogens is 268 g/mol. The number of carboxylic acid groups (broad SMARTS) is 1. The third-order valence-electron chi connectivity index (χ3n) is 4.01. The largest absolute Gasteiger partial charge is 0.480 e. The van der Waals surface area contributed by atoms with Gasteiger partial charge in [0.1, 0.15) is 5.54 Å². The molecule has 0 aromatic heterocycles. The maximum absolute atomic E-state index is 11.9. The Morgan fingerprint density at radius 2 is 1.76 bits per heavy atom. The van der Waals surface area contributed by atoms with Crippen LogP contribution in [0.4, 0.5) is 4.79 Å². The van der Waals surface area contributed by atoms with Crippen LogP contribution in [0.3, 0.4) is 0 Å². The van der Waals surface area contributed by atoms with Crippen LogP contribution in [0.1, 0.15) is 37.7 Å². The minimum absolute atomic E-state index is 0.393. The molecule has 21 heavy (non-hydrogen) atoms. The Morgan fingerprint density at radius 1 is 1.10 bits per heavy atom. The number of rotatable bonds is 5. The first-order chi connectivity index (χ1) is 10.1. The van der Waals surface area contributed by atoms with Crippen molar-refractivity contribution < 1.29 is 14.7 Å². The Hall–Kier alpha value is -2.04. The summed E-state index contributed by atoms with van der Waals surface area (Å²) in [4.78, 5) is 23.4. The second-order valence-corrected chi connectivity index (χ2v) is 5.56. The highest BCUT2D eigenvalue weighted by atomic mass is 16.4. The normalized spacial score (nSPS) is 17.0. The lowest BCUT2D eigenvalue weighted by Gasteiger charge is -2.33. The van der Waals surface area contributed by atoms with Crippen LogP contribution in [0.2, 0.25) is 0 Å². The minimum atomic E-state index is -1.09. The molecule has 2 rings (SSSR count). The predicted octanol–water partition coefficient (Wildman–Crippen LogP) is 2.32. The molecule has 5 heteroatoms. The van der Waals surface area contributed by atoms with Crippen molar-refractivity contribution in [1.29, 1.82) is 0 Å². The first-order valence-corrected chi connectivity index (χ1v) is 7.46. The molecule has 0 aliphatic heterocycles. The second kappa shape index (κ2) is 7.11. The van der Waals surface area contributed by atoms with E-state index in [-0.39, 0.29) is 0 Å². The Bertz CT molecular complexity index is 482. The maximum Gasteiger partial charge on any atom is 0.329 e. The van der Waals surface area contributed by atoms with Crippen molar-refractivity contribution >= 4 is 12.0 Å². The van der Waals surface area contributed by atoms with Crippen molar-refractivity contribution in [1.82, 2.24) is 10.6 Å². The van der Waals surface area contributed by atoms with E-state index >= 15 is 0 Å². The van der Waals surface area contributed by atoms with Gasteiger partial charge in [0.05, 0.1) is 0 Å². The molecule has 1 saturated carbocycles. The molecule has 5 nitrogen and oxygen atoms in total. The maximum atomic E-state index is 11.9. The van der Waals surface area contributed by atoms with E-state index in [1.165, 1.54) is 0 Å². The van der Waals surface area contributed by atoms with Gasteiger partial charge in [-0.15, -0.1) is 0 Å². The van der Waals surface area contributed by atoms with Crippen LogP contribution in [0, 0.1) is 0 Å². The van der Waals surface area contributed by atoms with Gasteiger partial charge in [-0.25, -0.2) is 9.59 Å². The molecule has 0 unspecified atom stereocenters. The monoisotopic (exact) mass is 290 g/mol. The lowest BCUT2D eigenvalue weighted by molar-refractivity contribution is -0.145. The van der Waals surface area contributed by atoms with Gasteiger partial charge >= 0.3 is 12.0 Å². The fraction of sp³-hybridized carbons (Fsp3) is 0.500. The van der Waals surface area contributed by atoms with Crippen LogP contribution in [0.25, 0.3) is 0 Å². The zero-order valence-electron chi connectivity index (χ0n) is 12.1. The van der Waals surface area contributed by atoms with Crippen LogP contribution in [0.5, 0.6) is 0 Å². The summed E-state index contributed by atoms with van der Waals surface area (Å²) in [6.45, 7) is 0.492. The van der Waals surface area contributed by atoms with Gasteiger partial charge in [-0.3, -0.25) is 0 Å². The Kier molecular flexibility index (Phi) is 5.20.